The van der Waals surface area contributed by atoms with Gasteiger partial charge in [-0.2, -0.15) is 0 Å². The number of carbonyl (C=O) groups is 1. The third-order valence-electron chi connectivity index (χ3n) is 4.98. The zero-order valence-electron chi connectivity index (χ0n) is 15.1. The van der Waals surface area contributed by atoms with Crippen LogP contribution in [0.5, 0.6) is 11.5 Å². The Morgan fingerprint density at radius 2 is 1.96 bits per heavy atom. The molecular weight excluding hydrogens is 364 g/mol. The van der Waals surface area contributed by atoms with E-state index >= 15 is 0 Å². The Morgan fingerprint density at radius 1 is 1.11 bits per heavy atom. The van der Waals surface area contributed by atoms with Crippen LogP contribution in [0.1, 0.15) is 30.9 Å². The van der Waals surface area contributed by atoms with Gasteiger partial charge in [0.05, 0.1) is 19.8 Å². The van der Waals surface area contributed by atoms with Gasteiger partial charge >= 0.3 is 0 Å². The zero-order chi connectivity index (χ0) is 18.6. The second kappa shape index (κ2) is 8.19. The molecule has 0 bridgehead atoms. The number of ether oxygens (including phenoxy) is 2. The average molecular weight is 387 g/mol. The number of halogens is 1. The van der Waals surface area contributed by atoms with Gasteiger partial charge in [-0.15, -0.1) is 0 Å². The van der Waals surface area contributed by atoms with Gasteiger partial charge in [-0.1, -0.05) is 23.7 Å². The standard InChI is InChI=1S/C21H23ClN2O3/c22-16-5-1-4-15(12-16)18-6-2-9-24(18)14-21(25)23-17-7-8-19-20(13-17)27-11-3-10-26-19/h1,4-5,7-8,12-13,18H,2-3,6,9-11,14H2,(H,23,25). The van der Waals surface area contributed by atoms with Crippen LogP contribution in [0.4, 0.5) is 5.69 Å². The van der Waals surface area contributed by atoms with Crippen molar-refractivity contribution in [3.63, 3.8) is 0 Å². The lowest BCUT2D eigenvalue weighted by atomic mass is 10.0. The largest absolute Gasteiger partial charge is 0.490 e. The maximum absolute atomic E-state index is 12.6. The fourth-order valence-corrected chi connectivity index (χ4v) is 3.93. The number of hydrogen-bond acceptors (Lipinski definition) is 4. The molecule has 142 valence electrons. The molecule has 1 saturated heterocycles. The van der Waals surface area contributed by atoms with Crippen LogP contribution < -0.4 is 14.8 Å². The number of carbonyl (C=O) groups excluding carboxylic acids is 1. The first-order valence-electron chi connectivity index (χ1n) is 9.38. The summed E-state index contributed by atoms with van der Waals surface area (Å²) in [6.45, 7) is 2.54. The van der Waals surface area contributed by atoms with Gasteiger partial charge in [0.2, 0.25) is 5.91 Å². The maximum atomic E-state index is 12.6. The lowest BCUT2D eigenvalue weighted by Crippen LogP contribution is -2.32. The van der Waals surface area contributed by atoms with E-state index in [9.17, 15) is 4.79 Å². The Hall–Kier alpha value is -2.24. The number of rotatable bonds is 4. The molecule has 2 aromatic rings. The predicted molar refractivity (Wildman–Crippen MR) is 106 cm³/mol. The molecule has 1 amide bonds. The summed E-state index contributed by atoms with van der Waals surface area (Å²) >= 11 is 6.13. The van der Waals surface area contributed by atoms with Gasteiger partial charge in [0.25, 0.3) is 0 Å². The number of anilines is 1. The highest BCUT2D eigenvalue weighted by molar-refractivity contribution is 6.30. The van der Waals surface area contributed by atoms with Gasteiger partial charge in [-0.3, -0.25) is 9.69 Å². The number of amides is 1. The van der Waals surface area contributed by atoms with Crippen molar-refractivity contribution in [2.24, 2.45) is 0 Å². The Kier molecular flexibility index (Phi) is 5.50. The minimum Gasteiger partial charge on any atom is -0.490 e. The number of likely N-dealkylation sites (tertiary alicyclic amines) is 1. The van der Waals surface area contributed by atoms with Crippen LogP contribution in [0.2, 0.25) is 5.02 Å². The molecule has 2 aromatic carbocycles. The third kappa shape index (κ3) is 4.37. The first-order chi connectivity index (χ1) is 13.2. The van der Waals surface area contributed by atoms with Crippen molar-refractivity contribution in [2.45, 2.75) is 25.3 Å². The summed E-state index contributed by atoms with van der Waals surface area (Å²) in [5.41, 5.74) is 1.89. The van der Waals surface area contributed by atoms with E-state index in [2.05, 4.69) is 16.3 Å². The SMILES string of the molecule is O=C(CN1CCCC1c1cccc(Cl)c1)Nc1ccc2c(c1)OCCCO2. The second-order valence-electron chi connectivity index (χ2n) is 6.94. The van der Waals surface area contributed by atoms with Crippen LogP contribution in [-0.2, 0) is 4.79 Å². The van der Waals surface area contributed by atoms with Gasteiger partial charge in [-0.25, -0.2) is 0 Å². The first-order valence-corrected chi connectivity index (χ1v) is 9.76. The molecule has 0 saturated carbocycles. The van der Waals surface area contributed by atoms with Gasteiger partial charge in [-0.05, 0) is 49.2 Å². The van der Waals surface area contributed by atoms with E-state index in [1.54, 1.807) is 0 Å². The van der Waals surface area contributed by atoms with E-state index in [4.69, 9.17) is 21.1 Å². The highest BCUT2D eigenvalue weighted by Crippen LogP contribution is 2.34. The predicted octanol–water partition coefficient (Wildman–Crippen LogP) is 4.28. The van der Waals surface area contributed by atoms with Gasteiger partial charge in [0, 0.05) is 29.2 Å². The number of hydrogen-bond donors (Lipinski definition) is 1. The molecule has 0 spiro atoms. The number of benzene rings is 2. The van der Waals surface area contributed by atoms with E-state index < -0.39 is 0 Å². The molecule has 0 radical (unpaired) electrons. The van der Waals surface area contributed by atoms with Crippen molar-refractivity contribution >= 4 is 23.2 Å². The van der Waals surface area contributed by atoms with Gasteiger partial charge < -0.3 is 14.8 Å². The summed E-state index contributed by atoms with van der Waals surface area (Å²) in [7, 11) is 0. The Bertz CT molecular complexity index is 827. The minimum atomic E-state index is -0.0292. The summed E-state index contributed by atoms with van der Waals surface area (Å²) < 4.78 is 11.3. The summed E-state index contributed by atoms with van der Waals surface area (Å²) in [6, 6.07) is 13.7. The van der Waals surface area contributed by atoms with Crippen molar-refractivity contribution in [2.75, 3.05) is 31.6 Å². The van der Waals surface area contributed by atoms with Crippen molar-refractivity contribution in [1.82, 2.24) is 4.90 Å². The Balaban J connectivity index is 1.41. The second-order valence-corrected chi connectivity index (χ2v) is 7.38. The van der Waals surface area contributed by atoms with Crippen LogP contribution >= 0.6 is 11.6 Å². The molecular formula is C21H23ClN2O3. The van der Waals surface area contributed by atoms with Crippen molar-refractivity contribution in [1.29, 1.82) is 0 Å². The van der Waals surface area contributed by atoms with Crippen molar-refractivity contribution in [3.05, 3.63) is 53.1 Å². The van der Waals surface area contributed by atoms with Crippen LogP contribution in [-0.4, -0.2) is 37.1 Å². The van der Waals surface area contributed by atoms with Crippen LogP contribution in [0.25, 0.3) is 0 Å². The quantitative estimate of drug-likeness (QED) is 0.852. The average Bonchev–Trinajstić information content (AvgIpc) is 2.98. The summed E-state index contributed by atoms with van der Waals surface area (Å²) in [6.07, 6.45) is 2.97. The molecule has 0 aliphatic carbocycles. The molecule has 1 N–H and O–H groups in total. The zero-order valence-corrected chi connectivity index (χ0v) is 15.9. The Morgan fingerprint density at radius 3 is 2.81 bits per heavy atom. The van der Waals surface area contributed by atoms with E-state index in [0.717, 1.165) is 42.3 Å². The molecule has 1 atom stereocenters. The lowest BCUT2D eigenvalue weighted by Gasteiger charge is -2.24. The molecule has 27 heavy (non-hydrogen) atoms. The molecule has 4 rings (SSSR count). The van der Waals surface area contributed by atoms with Gasteiger partial charge in [0.1, 0.15) is 0 Å². The first kappa shape index (κ1) is 18.1. The summed E-state index contributed by atoms with van der Waals surface area (Å²) in [5, 5.41) is 3.71. The molecule has 5 nitrogen and oxygen atoms in total. The number of nitrogens with one attached hydrogen (secondary N) is 1. The lowest BCUT2D eigenvalue weighted by molar-refractivity contribution is -0.117. The molecule has 1 unspecified atom stereocenters. The molecule has 2 aliphatic heterocycles. The summed E-state index contributed by atoms with van der Waals surface area (Å²) in [5.74, 6) is 1.38. The van der Waals surface area contributed by atoms with Crippen molar-refractivity contribution < 1.29 is 14.3 Å². The van der Waals surface area contributed by atoms with E-state index in [-0.39, 0.29) is 11.9 Å². The monoisotopic (exact) mass is 386 g/mol. The molecule has 6 heteroatoms. The van der Waals surface area contributed by atoms with E-state index in [0.29, 0.717) is 25.5 Å². The van der Waals surface area contributed by atoms with Crippen LogP contribution in [0.15, 0.2) is 42.5 Å². The number of nitrogens with zero attached hydrogens (tertiary/aromatic N) is 1. The Labute approximate surface area is 164 Å². The number of fused-ring (bicyclic) bond motifs is 1. The van der Waals surface area contributed by atoms with Crippen molar-refractivity contribution in [3.8, 4) is 11.5 Å². The normalized spacial score (nSPS) is 19.5. The molecule has 1 fully saturated rings. The van der Waals surface area contributed by atoms with Crippen LogP contribution in [0, 0.1) is 0 Å². The van der Waals surface area contributed by atoms with Crippen LogP contribution in [0.3, 0.4) is 0 Å². The molecule has 2 aliphatic rings. The molecule has 2 heterocycles. The maximum Gasteiger partial charge on any atom is 0.238 e. The minimum absolute atomic E-state index is 0.0292. The molecule has 0 aromatic heterocycles. The topological polar surface area (TPSA) is 50.8 Å². The highest BCUT2D eigenvalue weighted by atomic mass is 35.5. The van der Waals surface area contributed by atoms with Gasteiger partial charge in [0.15, 0.2) is 11.5 Å². The highest BCUT2D eigenvalue weighted by Gasteiger charge is 2.27. The fourth-order valence-electron chi connectivity index (χ4n) is 3.73. The third-order valence-corrected chi connectivity index (χ3v) is 5.21. The van der Waals surface area contributed by atoms with E-state index in [1.165, 1.54) is 5.56 Å². The summed E-state index contributed by atoms with van der Waals surface area (Å²) in [4.78, 5) is 14.8. The smallest absolute Gasteiger partial charge is 0.238 e. The van der Waals surface area contributed by atoms with E-state index in [1.807, 2.05) is 36.4 Å². The fraction of sp³-hybridized carbons (Fsp3) is 0.381.